The van der Waals surface area contributed by atoms with Crippen molar-refractivity contribution in [2.75, 3.05) is 0 Å². The van der Waals surface area contributed by atoms with Crippen molar-refractivity contribution < 1.29 is 19.5 Å². The molecule has 48 valence electrons. The monoisotopic (exact) mass is 207 g/mol. The third kappa shape index (κ3) is 2.52. The Labute approximate surface area is 67.4 Å². The van der Waals surface area contributed by atoms with Gasteiger partial charge in [0.2, 0.25) is 0 Å². The van der Waals surface area contributed by atoms with E-state index in [0.717, 1.165) is 5.56 Å². The van der Waals surface area contributed by atoms with E-state index in [1.54, 1.807) is 0 Å². The molecule has 0 unspecified atom stereocenters. The summed E-state index contributed by atoms with van der Waals surface area (Å²) in [6.45, 7) is 0. The van der Waals surface area contributed by atoms with Gasteiger partial charge in [0.15, 0.2) is 0 Å². The summed E-state index contributed by atoms with van der Waals surface area (Å²) in [5, 5.41) is 6.82. The standard InChI is InChI=1S/C7H7N.Ru/c8-6-7-4-2-1-3-5-7;/h1-6,8H;. The van der Waals surface area contributed by atoms with Crippen molar-refractivity contribution in [1.29, 1.82) is 5.41 Å². The fourth-order valence-electron chi connectivity index (χ4n) is 0.549. The molecule has 0 aliphatic heterocycles. The van der Waals surface area contributed by atoms with Crippen LogP contribution < -0.4 is 0 Å². The minimum absolute atomic E-state index is 0. The van der Waals surface area contributed by atoms with Crippen molar-refractivity contribution >= 4 is 6.21 Å². The normalized spacial score (nSPS) is 7.56. The van der Waals surface area contributed by atoms with Gasteiger partial charge in [-0.1, -0.05) is 30.3 Å². The van der Waals surface area contributed by atoms with E-state index in [0.29, 0.717) is 0 Å². The Kier molecular flexibility index (Phi) is 4.16. The topological polar surface area (TPSA) is 23.9 Å². The summed E-state index contributed by atoms with van der Waals surface area (Å²) in [7, 11) is 0. The van der Waals surface area contributed by atoms with Crippen LogP contribution in [0.2, 0.25) is 0 Å². The average molecular weight is 206 g/mol. The maximum absolute atomic E-state index is 6.82. The van der Waals surface area contributed by atoms with Crippen LogP contribution >= 0.6 is 0 Å². The second-order valence-corrected chi connectivity index (χ2v) is 1.56. The van der Waals surface area contributed by atoms with Crippen molar-refractivity contribution in [1.82, 2.24) is 0 Å². The van der Waals surface area contributed by atoms with Crippen LogP contribution in [0, 0.1) is 5.41 Å². The van der Waals surface area contributed by atoms with Crippen molar-refractivity contribution in [3.63, 3.8) is 0 Å². The summed E-state index contributed by atoms with van der Waals surface area (Å²) in [5.41, 5.74) is 0.951. The first-order chi connectivity index (χ1) is 3.93. The summed E-state index contributed by atoms with van der Waals surface area (Å²) in [6.07, 6.45) is 1.33. The van der Waals surface area contributed by atoms with Crippen molar-refractivity contribution in [3.05, 3.63) is 35.9 Å². The van der Waals surface area contributed by atoms with E-state index in [4.69, 9.17) is 5.41 Å². The number of nitrogens with one attached hydrogen (secondary N) is 1. The Bertz CT molecular complexity index is 172. The molecule has 0 bridgehead atoms. The van der Waals surface area contributed by atoms with Crippen LogP contribution in [0.1, 0.15) is 5.56 Å². The average Bonchev–Trinajstić information content (AvgIpc) is 1.90. The first kappa shape index (κ1) is 8.51. The molecule has 0 radical (unpaired) electrons. The van der Waals surface area contributed by atoms with Crippen LogP contribution in [0.3, 0.4) is 0 Å². The molecule has 1 rings (SSSR count). The van der Waals surface area contributed by atoms with E-state index >= 15 is 0 Å². The van der Waals surface area contributed by atoms with Crippen LogP contribution in [0.25, 0.3) is 0 Å². The number of hydrogen-bond acceptors (Lipinski definition) is 1. The smallest absolute Gasteiger partial charge is 0.0250 e. The van der Waals surface area contributed by atoms with Crippen LogP contribution in [0.4, 0.5) is 0 Å². The molecule has 1 nitrogen and oxygen atoms in total. The third-order valence-electron chi connectivity index (χ3n) is 0.966. The maximum Gasteiger partial charge on any atom is 0.0250 e. The molecular weight excluding hydrogens is 199 g/mol. The van der Waals surface area contributed by atoms with E-state index in [2.05, 4.69) is 0 Å². The Morgan fingerprint density at radius 2 is 1.67 bits per heavy atom. The van der Waals surface area contributed by atoms with Crippen LogP contribution in [-0.2, 0) is 19.5 Å². The molecule has 9 heavy (non-hydrogen) atoms. The van der Waals surface area contributed by atoms with Crippen LogP contribution in [0.5, 0.6) is 0 Å². The van der Waals surface area contributed by atoms with Gasteiger partial charge in [0.1, 0.15) is 0 Å². The van der Waals surface area contributed by atoms with E-state index in [1.807, 2.05) is 30.3 Å². The van der Waals surface area contributed by atoms with Gasteiger partial charge in [-0.25, -0.2) is 0 Å². The van der Waals surface area contributed by atoms with Crippen molar-refractivity contribution in [3.8, 4) is 0 Å². The third-order valence-corrected chi connectivity index (χ3v) is 0.966. The van der Waals surface area contributed by atoms with Crippen LogP contribution in [0.15, 0.2) is 30.3 Å². The van der Waals surface area contributed by atoms with Gasteiger partial charge in [-0.2, -0.15) is 0 Å². The van der Waals surface area contributed by atoms with Gasteiger partial charge in [0, 0.05) is 25.7 Å². The summed E-state index contributed by atoms with van der Waals surface area (Å²) < 4.78 is 0. The molecule has 0 saturated heterocycles. The number of rotatable bonds is 1. The molecule has 0 aromatic heterocycles. The minimum atomic E-state index is 0. The first-order valence-corrected chi connectivity index (χ1v) is 2.49. The predicted molar refractivity (Wildman–Crippen MR) is 34.3 cm³/mol. The van der Waals surface area contributed by atoms with Crippen molar-refractivity contribution in [2.45, 2.75) is 0 Å². The van der Waals surface area contributed by atoms with Gasteiger partial charge in [0.05, 0.1) is 0 Å². The van der Waals surface area contributed by atoms with E-state index in [1.165, 1.54) is 6.21 Å². The Balaban J connectivity index is 0.000000640. The van der Waals surface area contributed by atoms with E-state index < -0.39 is 0 Å². The van der Waals surface area contributed by atoms with Crippen LogP contribution in [-0.4, -0.2) is 6.21 Å². The molecule has 0 heterocycles. The molecule has 0 aliphatic rings. The van der Waals surface area contributed by atoms with Gasteiger partial charge in [-0.05, 0) is 5.56 Å². The Hall–Kier alpha value is -0.487. The second-order valence-electron chi connectivity index (χ2n) is 1.56. The molecule has 0 atom stereocenters. The SMILES string of the molecule is N=Cc1ccccc1.[Ru]. The minimum Gasteiger partial charge on any atom is -0.308 e. The molecule has 1 aromatic rings. The summed E-state index contributed by atoms with van der Waals surface area (Å²) >= 11 is 0. The zero-order valence-corrected chi connectivity index (χ0v) is 6.56. The number of hydrogen-bond donors (Lipinski definition) is 1. The fourth-order valence-corrected chi connectivity index (χ4v) is 0.549. The summed E-state index contributed by atoms with van der Waals surface area (Å²) in [6, 6.07) is 9.56. The van der Waals surface area contributed by atoms with E-state index in [9.17, 15) is 0 Å². The molecule has 1 N–H and O–H groups in total. The molecule has 0 spiro atoms. The van der Waals surface area contributed by atoms with Gasteiger partial charge >= 0.3 is 0 Å². The fraction of sp³-hybridized carbons (Fsp3) is 0. The first-order valence-electron chi connectivity index (χ1n) is 2.49. The summed E-state index contributed by atoms with van der Waals surface area (Å²) in [5.74, 6) is 0. The van der Waals surface area contributed by atoms with Gasteiger partial charge in [-0.15, -0.1) is 0 Å². The summed E-state index contributed by atoms with van der Waals surface area (Å²) in [4.78, 5) is 0. The predicted octanol–water partition coefficient (Wildman–Crippen LogP) is 1.68. The zero-order chi connectivity index (χ0) is 5.82. The number of benzene rings is 1. The van der Waals surface area contributed by atoms with Gasteiger partial charge in [0.25, 0.3) is 0 Å². The van der Waals surface area contributed by atoms with Gasteiger partial charge in [-0.3, -0.25) is 0 Å². The molecule has 1 aromatic carbocycles. The maximum atomic E-state index is 6.82. The molecule has 0 saturated carbocycles. The molecule has 0 amide bonds. The quantitative estimate of drug-likeness (QED) is 0.534. The molecule has 2 heteroatoms. The Morgan fingerprint density at radius 3 is 2.00 bits per heavy atom. The largest absolute Gasteiger partial charge is 0.308 e. The van der Waals surface area contributed by atoms with E-state index in [-0.39, 0.29) is 19.5 Å². The van der Waals surface area contributed by atoms with Gasteiger partial charge < -0.3 is 5.41 Å². The molecule has 0 fully saturated rings. The second kappa shape index (κ2) is 4.40. The Morgan fingerprint density at radius 1 is 1.11 bits per heavy atom. The molecular formula is C7H7NRu. The zero-order valence-electron chi connectivity index (χ0n) is 4.82. The molecule has 0 aliphatic carbocycles. The van der Waals surface area contributed by atoms with Crippen molar-refractivity contribution in [2.24, 2.45) is 0 Å².